The Balaban J connectivity index is 1.86. The number of anilines is 2. The molecular formula is C25H26F6N2O5S. The summed E-state index contributed by atoms with van der Waals surface area (Å²) in [6.45, 7) is -0.782. The number of fused-ring (bicyclic) bond motifs is 1. The van der Waals surface area contributed by atoms with Gasteiger partial charge in [-0.3, -0.25) is 4.79 Å². The molecule has 7 nitrogen and oxygen atoms in total. The highest BCUT2D eigenvalue weighted by atomic mass is 32.2. The third-order valence-electron chi connectivity index (χ3n) is 7.13. The largest absolute Gasteiger partial charge is 0.492 e. The number of ether oxygens (including phenoxy) is 1. The molecule has 1 saturated carbocycles. The molecule has 2 aromatic rings. The number of carbonyl (C=O) groups is 1. The van der Waals surface area contributed by atoms with Crippen molar-refractivity contribution in [3.8, 4) is 5.75 Å². The molecule has 1 N–H and O–H groups in total. The highest BCUT2D eigenvalue weighted by molar-refractivity contribution is 7.89. The van der Waals surface area contributed by atoms with Gasteiger partial charge in [0.05, 0.1) is 11.3 Å². The zero-order chi connectivity index (χ0) is 28.8. The molecule has 1 aliphatic carbocycles. The SMILES string of the molecule is CN1[C@H](CCCC(F)F)CN(c2ccc(F)cc2)c2cc(C(F)(F)F)c(OCC3(C(=O)O)CC3)cc2S1(=O)=O. The normalized spacial score (nSPS) is 20.4. The number of halogens is 6. The Bertz CT molecular complexity index is 1330. The standard InChI is InChI=1S/C25H26F6N2O5S/c1-32-17(3-2-4-22(27)28)13-33(16-7-5-15(26)6-8-16)19-11-18(25(29,30)31)20(12-21(19)39(32,36)37)38-14-24(9-10-24)23(34)35/h5-8,11-12,17,22H,2-4,9-10,13-14H2,1H3,(H,34,35)/t17-/m1/s1. The molecule has 2 aromatic carbocycles. The number of alkyl halides is 5. The van der Waals surface area contributed by atoms with E-state index >= 15 is 0 Å². The molecule has 0 spiro atoms. The third kappa shape index (κ3) is 5.96. The Morgan fingerprint density at radius 3 is 2.36 bits per heavy atom. The quantitative estimate of drug-likeness (QED) is 0.385. The molecule has 39 heavy (non-hydrogen) atoms. The smallest absolute Gasteiger partial charge is 0.420 e. The van der Waals surface area contributed by atoms with Gasteiger partial charge in [0, 0.05) is 37.8 Å². The number of hydrogen-bond acceptors (Lipinski definition) is 5. The topological polar surface area (TPSA) is 87.2 Å². The van der Waals surface area contributed by atoms with Crippen molar-refractivity contribution in [2.24, 2.45) is 5.41 Å². The average Bonchev–Trinajstić information content (AvgIpc) is 3.65. The summed E-state index contributed by atoms with van der Waals surface area (Å²) < 4.78 is 115. The van der Waals surface area contributed by atoms with Gasteiger partial charge in [0.2, 0.25) is 16.4 Å². The molecule has 14 heteroatoms. The van der Waals surface area contributed by atoms with Crippen LogP contribution in [-0.4, -0.2) is 56.5 Å². The minimum atomic E-state index is -5.00. The van der Waals surface area contributed by atoms with Gasteiger partial charge in [-0.15, -0.1) is 0 Å². The Morgan fingerprint density at radius 1 is 1.18 bits per heavy atom. The lowest BCUT2D eigenvalue weighted by Gasteiger charge is -2.30. The van der Waals surface area contributed by atoms with Gasteiger partial charge in [-0.25, -0.2) is 21.6 Å². The van der Waals surface area contributed by atoms with E-state index in [1.807, 2.05) is 0 Å². The van der Waals surface area contributed by atoms with Crippen LogP contribution in [0.2, 0.25) is 0 Å². The van der Waals surface area contributed by atoms with Crippen molar-refractivity contribution in [3.63, 3.8) is 0 Å². The molecule has 2 aliphatic rings. The summed E-state index contributed by atoms with van der Waals surface area (Å²) in [5, 5.41) is 9.39. The van der Waals surface area contributed by atoms with Crippen LogP contribution in [0.4, 0.5) is 37.7 Å². The second-order valence-electron chi connectivity index (χ2n) is 9.77. The van der Waals surface area contributed by atoms with E-state index in [0.717, 1.165) is 22.5 Å². The molecule has 0 aromatic heterocycles. The Kier molecular flexibility index (Phi) is 7.83. The van der Waals surface area contributed by atoms with E-state index < -0.39 is 75.1 Å². The number of aliphatic carboxylic acids is 1. The van der Waals surface area contributed by atoms with E-state index in [1.165, 1.54) is 24.1 Å². The monoisotopic (exact) mass is 580 g/mol. The van der Waals surface area contributed by atoms with E-state index in [4.69, 9.17) is 4.74 Å². The van der Waals surface area contributed by atoms with Gasteiger partial charge in [-0.1, -0.05) is 0 Å². The first-order valence-electron chi connectivity index (χ1n) is 12.1. The van der Waals surface area contributed by atoms with Gasteiger partial charge in [0.15, 0.2) is 0 Å². The first kappa shape index (κ1) is 29.0. The highest BCUT2D eigenvalue weighted by Crippen LogP contribution is 2.49. The summed E-state index contributed by atoms with van der Waals surface area (Å²) in [6, 6.07) is 5.09. The number of benzene rings is 2. The van der Waals surface area contributed by atoms with Crippen LogP contribution >= 0.6 is 0 Å². The first-order chi connectivity index (χ1) is 18.2. The van der Waals surface area contributed by atoms with Gasteiger partial charge < -0.3 is 14.7 Å². The Labute approximate surface area is 221 Å². The molecular weight excluding hydrogens is 554 g/mol. The second-order valence-corrected chi connectivity index (χ2v) is 11.7. The zero-order valence-corrected chi connectivity index (χ0v) is 21.5. The summed E-state index contributed by atoms with van der Waals surface area (Å²) >= 11 is 0. The van der Waals surface area contributed by atoms with Crippen LogP contribution in [0.5, 0.6) is 5.75 Å². The maximum absolute atomic E-state index is 14.2. The lowest BCUT2D eigenvalue weighted by Crippen LogP contribution is -2.40. The summed E-state index contributed by atoms with van der Waals surface area (Å²) in [4.78, 5) is 12.2. The number of sulfonamides is 1. The van der Waals surface area contributed by atoms with Crippen molar-refractivity contribution < 1.29 is 49.4 Å². The minimum absolute atomic E-state index is 0.0115. The van der Waals surface area contributed by atoms with Crippen molar-refractivity contribution in [2.45, 2.75) is 55.6 Å². The summed E-state index contributed by atoms with van der Waals surface area (Å²) in [5.74, 6) is -2.70. The van der Waals surface area contributed by atoms with Crippen molar-refractivity contribution in [2.75, 3.05) is 25.1 Å². The lowest BCUT2D eigenvalue weighted by atomic mass is 10.1. The van der Waals surface area contributed by atoms with Crippen LogP contribution in [0.25, 0.3) is 0 Å². The number of hydrogen-bond donors (Lipinski definition) is 1. The van der Waals surface area contributed by atoms with Crippen molar-refractivity contribution >= 4 is 27.4 Å². The van der Waals surface area contributed by atoms with Gasteiger partial charge in [0.25, 0.3) is 0 Å². The van der Waals surface area contributed by atoms with E-state index in [1.54, 1.807) is 0 Å². The maximum atomic E-state index is 14.2. The van der Waals surface area contributed by atoms with E-state index in [2.05, 4.69) is 0 Å². The second kappa shape index (κ2) is 10.5. The van der Waals surface area contributed by atoms with Gasteiger partial charge in [-0.05, 0) is 56.0 Å². The first-order valence-corrected chi connectivity index (χ1v) is 13.5. The van der Waals surface area contributed by atoms with E-state index in [9.17, 15) is 44.7 Å². The number of likely N-dealkylation sites (N-methyl/N-ethyl adjacent to an activating group) is 1. The number of rotatable bonds is 9. The van der Waals surface area contributed by atoms with Crippen LogP contribution < -0.4 is 9.64 Å². The zero-order valence-electron chi connectivity index (χ0n) is 20.7. The molecule has 214 valence electrons. The molecule has 1 aliphatic heterocycles. The van der Waals surface area contributed by atoms with Crippen LogP contribution in [0, 0.1) is 11.2 Å². The number of nitrogens with zero attached hydrogens (tertiary/aromatic N) is 2. The van der Waals surface area contributed by atoms with E-state index in [0.29, 0.717) is 6.07 Å². The maximum Gasteiger partial charge on any atom is 0.420 e. The Morgan fingerprint density at radius 2 is 1.82 bits per heavy atom. The van der Waals surface area contributed by atoms with Crippen LogP contribution in [-0.2, 0) is 21.0 Å². The summed E-state index contributed by atoms with van der Waals surface area (Å²) in [7, 11) is -3.27. The van der Waals surface area contributed by atoms with Gasteiger partial charge >= 0.3 is 12.1 Å². The molecule has 1 heterocycles. The Hall–Kier alpha value is -3.00. The molecule has 0 radical (unpaired) electrons. The third-order valence-corrected chi connectivity index (χ3v) is 9.07. The fraction of sp³-hybridized carbons (Fsp3) is 0.480. The highest BCUT2D eigenvalue weighted by Gasteiger charge is 2.52. The molecule has 1 atom stereocenters. The van der Waals surface area contributed by atoms with Crippen molar-refractivity contribution in [1.82, 2.24) is 4.31 Å². The van der Waals surface area contributed by atoms with Crippen LogP contribution in [0.15, 0.2) is 41.3 Å². The van der Waals surface area contributed by atoms with Gasteiger partial charge in [-0.2, -0.15) is 17.5 Å². The fourth-order valence-corrected chi connectivity index (χ4v) is 6.08. The average molecular weight is 581 g/mol. The molecule has 0 bridgehead atoms. The molecule has 0 amide bonds. The predicted molar refractivity (Wildman–Crippen MR) is 128 cm³/mol. The predicted octanol–water partition coefficient (Wildman–Crippen LogP) is 5.66. The number of carboxylic acid groups (broad SMARTS) is 1. The van der Waals surface area contributed by atoms with Crippen molar-refractivity contribution in [1.29, 1.82) is 0 Å². The molecule has 0 saturated heterocycles. The minimum Gasteiger partial charge on any atom is -0.492 e. The lowest BCUT2D eigenvalue weighted by molar-refractivity contribution is -0.144. The summed E-state index contributed by atoms with van der Waals surface area (Å²) in [5.41, 5.74) is -2.83. The van der Waals surface area contributed by atoms with Crippen LogP contribution in [0.3, 0.4) is 0 Å². The molecule has 1 fully saturated rings. The number of carboxylic acids is 1. The van der Waals surface area contributed by atoms with E-state index in [-0.39, 0.29) is 43.6 Å². The van der Waals surface area contributed by atoms with Crippen molar-refractivity contribution in [3.05, 3.63) is 47.8 Å². The van der Waals surface area contributed by atoms with Gasteiger partial charge in [0.1, 0.15) is 28.5 Å². The summed E-state index contributed by atoms with van der Waals surface area (Å²) in [6.07, 6.45) is -7.76. The molecule has 0 unspecified atom stereocenters. The fourth-order valence-electron chi connectivity index (χ4n) is 4.52. The molecule has 4 rings (SSSR count). The van der Waals surface area contributed by atoms with Crippen LogP contribution in [0.1, 0.15) is 37.7 Å².